The fraction of sp³-hybridized carbons (Fsp3) is 0.167. The van der Waals surface area contributed by atoms with Crippen molar-refractivity contribution < 1.29 is 4.79 Å². The molecule has 0 radical (unpaired) electrons. The molecule has 2 nitrogen and oxygen atoms in total. The van der Waals surface area contributed by atoms with Gasteiger partial charge in [-0.05, 0) is 37.3 Å². The maximum Gasteiger partial charge on any atom is 0.161 e. The van der Waals surface area contributed by atoms with E-state index in [2.05, 4.69) is 11.8 Å². The lowest BCUT2D eigenvalue weighted by atomic mass is 10.0. The van der Waals surface area contributed by atoms with Gasteiger partial charge in [-0.15, -0.1) is 0 Å². The van der Waals surface area contributed by atoms with Gasteiger partial charge in [0, 0.05) is 36.5 Å². The molecule has 0 bridgehead atoms. The van der Waals surface area contributed by atoms with Crippen molar-refractivity contribution in [1.82, 2.24) is 0 Å². The first-order valence-corrected chi connectivity index (χ1v) is 6.47. The minimum Gasteiger partial charge on any atom is -0.378 e. The first-order valence-electron chi connectivity index (χ1n) is 6.47. The molecular formula is C18H17NO. The molecule has 0 aliphatic rings. The van der Waals surface area contributed by atoms with Crippen molar-refractivity contribution in [3.63, 3.8) is 0 Å². The molecule has 2 aromatic rings. The van der Waals surface area contributed by atoms with Crippen molar-refractivity contribution in [1.29, 1.82) is 0 Å². The summed E-state index contributed by atoms with van der Waals surface area (Å²) >= 11 is 0. The second kappa shape index (κ2) is 6.08. The van der Waals surface area contributed by atoms with Crippen molar-refractivity contribution in [3.05, 3.63) is 65.2 Å². The SMILES string of the molecule is CC(=O)c1ccccc1C#Cc1ccc(N(C)C)cc1. The molecule has 0 aliphatic carbocycles. The van der Waals surface area contributed by atoms with Crippen LogP contribution in [0.4, 0.5) is 5.69 Å². The number of benzene rings is 2. The van der Waals surface area contributed by atoms with E-state index in [4.69, 9.17) is 0 Å². The van der Waals surface area contributed by atoms with E-state index >= 15 is 0 Å². The molecule has 2 aromatic carbocycles. The molecule has 0 heterocycles. The number of hydrogen-bond donors (Lipinski definition) is 0. The molecule has 0 saturated heterocycles. The van der Waals surface area contributed by atoms with Gasteiger partial charge in [0.05, 0.1) is 0 Å². The van der Waals surface area contributed by atoms with Crippen LogP contribution in [-0.2, 0) is 0 Å². The fourth-order valence-corrected chi connectivity index (χ4v) is 1.88. The summed E-state index contributed by atoms with van der Waals surface area (Å²) in [6.45, 7) is 1.56. The van der Waals surface area contributed by atoms with E-state index in [-0.39, 0.29) is 5.78 Å². The molecule has 0 aliphatic heterocycles. The smallest absolute Gasteiger partial charge is 0.161 e. The Balaban J connectivity index is 2.29. The average Bonchev–Trinajstić information content (AvgIpc) is 2.45. The minimum atomic E-state index is 0.0397. The highest BCUT2D eigenvalue weighted by molar-refractivity contribution is 5.96. The minimum absolute atomic E-state index is 0.0397. The third kappa shape index (κ3) is 3.27. The van der Waals surface area contributed by atoms with Crippen LogP contribution in [-0.4, -0.2) is 19.9 Å². The third-order valence-electron chi connectivity index (χ3n) is 3.03. The van der Waals surface area contributed by atoms with E-state index in [9.17, 15) is 4.79 Å². The Kier molecular flexibility index (Phi) is 4.22. The highest BCUT2D eigenvalue weighted by Gasteiger charge is 2.03. The second-order valence-corrected chi connectivity index (χ2v) is 4.79. The van der Waals surface area contributed by atoms with Crippen LogP contribution in [0.15, 0.2) is 48.5 Å². The van der Waals surface area contributed by atoms with Crippen molar-refractivity contribution in [2.75, 3.05) is 19.0 Å². The zero-order valence-electron chi connectivity index (χ0n) is 12.0. The number of ketones is 1. The van der Waals surface area contributed by atoms with Gasteiger partial charge in [0.1, 0.15) is 0 Å². The van der Waals surface area contributed by atoms with Gasteiger partial charge in [0.15, 0.2) is 5.78 Å². The second-order valence-electron chi connectivity index (χ2n) is 4.79. The average molecular weight is 263 g/mol. The van der Waals surface area contributed by atoms with Gasteiger partial charge in [-0.25, -0.2) is 0 Å². The fourth-order valence-electron chi connectivity index (χ4n) is 1.88. The zero-order chi connectivity index (χ0) is 14.5. The molecule has 0 unspecified atom stereocenters. The number of anilines is 1. The van der Waals surface area contributed by atoms with Gasteiger partial charge < -0.3 is 4.90 Å². The van der Waals surface area contributed by atoms with Crippen LogP contribution in [0.25, 0.3) is 0 Å². The summed E-state index contributed by atoms with van der Waals surface area (Å²) in [5, 5.41) is 0. The zero-order valence-corrected chi connectivity index (χ0v) is 12.0. The number of nitrogens with zero attached hydrogens (tertiary/aromatic N) is 1. The first-order chi connectivity index (χ1) is 9.58. The molecule has 0 amide bonds. The quantitative estimate of drug-likeness (QED) is 0.611. The first kappa shape index (κ1) is 13.9. The molecular weight excluding hydrogens is 246 g/mol. The third-order valence-corrected chi connectivity index (χ3v) is 3.03. The Hall–Kier alpha value is -2.53. The van der Waals surface area contributed by atoms with Crippen LogP contribution in [0.1, 0.15) is 28.4 Å². The van der Waals surface area contributed by atoms with E-state index in [0.717, 1.165) is 16.8 Å². The van der Waals surface area contributed by atoms with Gasteiger partial charge in [0.2, 0.25) is 0 Å². The number of carbonyl (C=O) groups is 1. The Morgan fingerprint density at radius 1 is 0.950 bits per heavy atom. The van der Waals surface area contributed by atoms with E-state index in [1.165, 1.54) is 0 Å². The summed E-state index contributed by atoms with van der Waals surface area (Å²) < 4.78 is 0. The topological polar surface area (TPSA) is 20.3 Å². The highest BCUT2D eigenvalue weighted by atomic mass is 16.1. The van der Waals surface area contributed by atoms with Crippen LogP contribution in [0.3, 0.4) is 0 Å². The van der Waals surface area contributed by atoms with Crippen LogP contribution >= 0.6 is 0 Å². The van der Waals surface area contributed by atoms with Crippen LogP contribution in [0.5, 0.6) is 0 Å². The number of Topliss-reactive ketones (excluding diaryl/α,β-unsaturated/α-hetero) is 1. The maximum atomic E-state index is 11.5. The predicted octanol–water partition coefficient (Wildman–Crippen LogP) is 3.36. The Morgan fingerprint density at radius 2 is 1.60 bits per heavy atom. The lowest BCUT2D eigenvalue weighted by Crippen LogP contribution is -2.07. The number of carbonyl (C=O) groups excluding carboxylic acids is 1. The molecule has 2 heteroatoms. The van der Waals surface area contributed by atoms with E-state index < -0.39 is 0 Å². The summed E-state index contributed by atoms with van der Waals surface area (Å²) in [5.74, 6) is 6.22. The molecule has 0 fully saturated rings. The lowest BCUT2D eigenvalue weighted by molar-refractivity contribution is 0.101. The molecule has 20 heavy (non-hydrogen) atoms. The van der Waals surface area contributed by atoms with Crippen molar-refractivity contribution >= 4 is 11.5 Å². The van der Waals surface area contributed by atoms with Crippen molar-refractivity contribution in [2.45, 2.75) is 6.92 Å². The Labute approximate surface area is 120 Å². The molecule has 0 atom stereocenters. The molecule has 0 spiro atoms. The van der Waals surface area contributed by atoms with Gasteiger partial charge in [-0.2, -0.15) is 0 Å². The summed E-state index contributed by atoms with van der Waals surface area (Å²) in [6, 6.07) is 15.5. The van der Waals surface area contributed by atoms with E-state index in [1.54, 1.807) is 6.92 Å². The summed E-state index contributed by atoms with van der Waals surface area (Å²) in [6.07, 6.45) is 0. The lowest BCUT2D eigenvalue weighted by Gasteiger charge is -2.11. The Bertz CT molecular complexity index is 673. The molecule has 2 rings (SSSR count). The molecule has 0 aromatic heterocycles. The molecule has 0 N–H and O–H groups in total. The van der Waals surface area contributed by atoms with Gasteiger partial charge in [-0.1, -0.05) is 30.0 Å². The largest absolute Gasteiger partial charge is 0.378 e. The summed E-state index contributed by atoms with van der Waals surface area (Å²) in [4.78, 5) is 13.6. The number of hydrogen-bond acceptors (Lipinski definition) is 2. The molecule has 0 saturated carbocycles. The van der Waals surface area contributed by atoms with E-state index in [1.807, 2.05) is 67.5 Å². The summed E-state index contributed by atoms with van der Waals surface area (Å²) in [7, 11) is 4.01. The summed E-state index contributed by atoms with van der Waals surface area (Å²) in [5.41, 5.74) is 3.52. The van der Waals surface area contributed by atoms with Crippen LogP contribution < -0.4 is 4.90 Å². The van der Waals surface area contributed by atoms with Crippen molar-refractivity contribution in [2.24, 2.45) is 0 Å². The monoisotopic (exact) mass is 263 g/mol. The van der Waals surface area contributed by atoms with Gasteiger partial charge in [-0.3, -0.25) is 4.79 Å². The Morgan fingerprint density at radius 3 is 2.20 bits per heavy atom. The number of rotatable bonds is 2. The normalized spacial score (nSPS) is 9.55. The maximum absolute atomic E-state index is 11.5. The van der Waals surface area contributed by atoms with E-state index in [0.29, 0.717) is 5.56 Å². The van der Waals surface area contributed by atoms with Gasteiger partial charge >= 0.3 is 0 Å². The predicted molar refractivity (Wildman–Crippen MR) is 83.2 cm³/mol. The van der Waals surface area contributed by atoms with Crippen LogP contribution in [0.2, 0.25) is 0 Å². The van der Waals surface area contributed by atoms with Crippen LogP contribution in [0, 0.1) is 11.8 Å². The van der Waals surface area contributed by atoms with Gasteiger partial charge in [0.25, 0.3) is 0 Å². The van der Waals surface area contributed by atoms with Crippen molar-refractivity contribution in [3.8, 4) is 11.8 Å². The molecule has 100 valence electrons. The highest BCUT2D eigenvalue weighted by Crippen LogP contribution is 2.12. The standard InChI is InChI=1S/C18H17NO/c1-14(20)18-7-5-4-6-16(18)11-8-15-9-12-17(13-10-15)19(2)3/h4-7,9-10,12-13H,1-3H3.